The molecule has 2 nitrogen and oxygen atoms in total. The highest BCUT2D eigenvalue weighted by atomic mass is 35.5. The Labute approximate surface area is 114 Å². The molecule has 6 heteroatoms. The zero-order valence-corrected chi connectivity index (χ0v) is 11.3. The minimum atomic E-state index is -4.46. The van der Waals surface area contributed by atoms with Crippen LogP contribution in [0.25, 0.3) is 0 Å². The van der Waals surface area contributed by atoms with E-state index in [2.05, 4.69) is 5.32 Å². The fraction of sp³-hybridized carbons (Fsp3) is 0.538. The van der Waals surface area contributed by atoms with Gasteiger partial charge in [-0.3, -0.25) is 0 Å². The molecule has 0 saturated heterocycles. The van der Waals surface area contributed by atoms with Gasteiger partial charge in [0, 0.05) is 22.2 Å². The van der Waals surface area contributed by atoms with Crippen LogP contribution < -0.4 is 5.32 Å². The van der Waals surface area contributed by atoms with Crippen molar-refractivity contribution in [2.24, 2.45) is 5.41 Å². The van der Waals surface area contributed by atoms with Gasteiger partial charge < -0.3 is 10.4 Å². The molecular weight excluding hydrogens is 279 g/mol. The minimum Gasteiger partial charge on any atom is -0.392 e. The van der Waals surface area contributed by atoms with Gasteiger partial charge in [-0.1, -0.05) is 25.4 Å². The Balaban J connectivity index is 2.27. The molecule has 19 heavy (non-hydrogen) atoms. The third-order valence-corrected chi connectivity index (χ3v) is 4.07. The molecule has 2 rings (SSSR count). The smallest absolute Gasteiger partial charge is 0.392 e. The third-order valence-electron chi connectivity index (χ3n) is 3.83. The largest absolute Gasteiger partial charge is 0.418 e. The van der Waals surface area contributed by atoms with Crippen molar-refractivity contribution in [1.29, 1.82) is 0 Å². The molecule has 1 aromatic carbocycles. The fourth-order valence-corrected chi connectivity index (χ4v) is 2.38. The van der Waals surface area contributed by atoms with Crippen molar-refractivity contribution < 1.29 is 18.3 Å². The summed E-state index contributed by atoms with van der Waals surface area (Å²) in [6, 6.07) is 3.46. The fourth-order valence-electron chi connectivity index (χ4n) is 2.21. The summed E-state index contributed by atoms with van der Waals surface area (Å²) in [6.45, 7) is 3.64. The van der Waals surface area contributed by atoms with E-state index in [1.54, 1.807) is 0 Å². The Morgan fingerprint density at radius 2 is 2.00 bits per heavy atom. The first kappa shape index (κ1) is 14.5. The van der Waals surface area contributed by atoms with Crippen LogP contribution in [0, 0.1) is 5.41 Å². The Hall–Kier alpha value is -0.940. The molecule has 106 valence electrons. The van der Waals surface area contributed by atoms with E-state index in [0.717, 1.165) is 6.07 Å². The van der Waals surface area contributed by atoms with Crippen LogP contribution in [-0.4, -0.2) is 17.3 Å². The van der Waals surface area contributed by atoms with E-state index in [-0.39, 0.29) is 16.8 Å². The first-order valence-corrected chi connectivity index (χ1v) is 6.31. The second-order valence-corrected chi connectivity index (χ2v) is 5.89. The highest BCUT2D eigenvalue weighted by molar-refractivity contribution is 6.30. The number of aliphatic hydroxyl groups excluding tert-OH is 1. The van der Waals surface area contributed by atoms with Crippen LogP contribution in [0.15, 0.2) is 18.2 Å². The van der Waals surface area contributed by atoms with Crippen molar-refractivity contribution in [3.8, 4) is 0 Å². The van der Waals surface area contributed by atoms with Gasteiger partial charge in [-0.05, 0) is 24.6 Å². The zero-order valence-electron chi connectivity index (χ0n) is 10.6. The van der Waals surface area contributed by atoms with Gasteiger partial charge in [0.15, 0.2) is 0 Å². The molecule has 0 heterocycles. The van der Waals surface area contributed by atoms with E-state index < -0.39 is 23.3 Å². The highest BCUT2D eigenvalue weighted by Crippen LogP contribution is 2.44. The molecule has 0 spiro atoms. The summed E-state index contributed by atoms with van der Waals surface area (Å²) in [5.41, 5.74) is -1.22. The molecule has 1 aliphatic rings. The minimum absolute atomic E-state index is 0.00174. The van der Waals surface area contributed by atoms with Crippen molar-refractivity contribution >= 4 is 17.3 Å². The Kier molecular flexibility index (Phi) is 3.47. The quantitative estimate of drug-likeness (QED) is 0.866. The molecule has 1 aliphatic carbocycles. The Morgan fingerprint density at radius 3 is 2.47 bits per heavy atom. The van der Waals surface area contributed by atoms with Crippen LogP contribution >= 0.6 is 11.6 Å². The van der Waals surface area contributed by atoms with E-state index in [1.807, 2.05) is 13.8 Å². The number of hydrogen-bond acceptors (Lipinski definition) is 2. The third kappa shape index (κ3) is 2.67. The lowest BCUT2D eigenvalue weighted by molar-refractivity contribution is -0.137. The number of rotatable bonds is 2. The van der Waals surface area contributed by atoms with Crippen LogP contribution in [0.3, 0.4) is 0 Å². The van der Waals surface area contributed by atoms with Crippen molar-refractivity contribution in [3.63, 3.8) is 0 Å². The second-order valence-electron chi connectivity index (χ2n) is 5.46. The van der Waals surface area contributed by atoms with E-state index >= 15 is 0 Å². The van der Waals surface area contributed by atoms with Gasteiger partial charge in [-0.25, -0.2) is 0 Å². The van der Waals surface area contributed by atoms with E-state index in [1.165, 1.54) is 12.1 Å². The van der Waals surface area contributed by atoms with Gasteiger partial charge in [0.1, 0.15) is 0 Å². The lowest BCUT2D eigenvalue weighted by atomic mass is 9.64. The SMILES string of the molecule is CC1(C)C(O)CC1Nc1ccc(Cl)cc1C(F)(F)F. The van der Waals surface area contributed by atoms with Gasteiger partial charge in [0.2, 0.25) is 0 Å². The number of halogens is 4. The molecule has 0 aromatic heterocycles. The lowest BCUT2D eigenvalue weighted by Crippen LogP contribution is -2.57. The van der Waals surface area contributed by atoms with Gasteiger partial charge in [0.25, 0.3) is 0 Å². The number of aliphatic hydroxyl groups is 1. The summed E-state index contributed by atoms with van der Waals surface area (Å²) in [6.07, 6.45) is -4.52. The van der Waals surface area contributed by atoms with Crippen LogP contribution in [0.1, 0.15) is 25.8 Å². The maximum Gasteiger partial charge on any atom is 0.418 e. The molecule has 0 radical (unpaired) electrons. The van der Waals surface area contributed by atoms with Crippen LogP contribution in [0.5, 0.6) is 0 Å². The van der Waals surface area contributed by atoms with Gasteiger partial charge in [-0.15, -0.1) is 0 Å². The Morgan fingerprint density at radius 1 is 1.37 bits per heavy atom. The van der Waals surface area contributed by atoms with Crippen molar-refractivity contribution in [3.05, 3.63) is 28.8 Å². The maximum absolute atomic E-state index is 12.9. The molecule has 0 aliphatic heterocycles. The Bertz CT molecular complexity index is 487. The van der Waals surface area contributed by atoms with E-state index in [0.29, 0.717) is 6.42 Å². The molecule has 2 N–H and O–H groups in total. The number of anilines is 1. The number of nitrogens with one attached hydrogen (secondary N) is 1. The lowest BCUT2D eigenvalue weighted by Gasteiger charge is -2.50. The predicted octanol–water partition coefficient (Wildman–Crippen LogP) is 3.93. The standard InChI is InChI=1S/C13H15ClF3NO/c1-12(2)10(6-11(12)19)18-9-4-3-7(14)5-8(9)13(15,16)17/h3-5,10-11,18-19H,6H2,1-2H3. The van der Waals surface area contributed by atoms with E-state index in [9.17, 15) is 18.3 Å². The van der Waals surface area contributed by atoms with Gasteiger partial charge in [0.05, 0.1) is 11.7 Å². The molecule has 2 unspecified atom stereocenters. The zero-order chi connectivity index (χ0) is 14.4. The molecule has 0 bridgehead atoms. The van der Waals surface area contributed by atoms with Crippen molar-refractivity contribution in [1.82, 2.24) is 0 Å². The summed E-state index contributed by atoms with van der Waals surface area (Å²) in [4.78, 5) is 0. The molecule has 0 amide bonds. The van der Waals surface area contributed by atoms with Crippen LogP contribution in [0.2, 0.25) is 5.02 Å². The molecule has 2 atom stereocenters. The van der Waals surface area contributed by atoms with Crippen LogP contribution in [-0.2, 0) is 6.18 Å². The van der Waals surface area contributed by atoms with Gasteiger partial charge >= 0.3 is 6.18 Å². The van der Waals surface area contributed by atoms with Crippen molar-refractivity contribution in [2.75, 3.05) is 5.32 Å². The number of hydrogen-bond donors (Lipinski definition) is 2. The summed E-state index contributed by atoms with van der Waals surface area (Å²) >= 11 is 5.62. The molecule has 1 saturated carbocycles. The summed E-state index contributed by atoms with van der Waals surface area (Å²) in [7, 11) is 0. The second kappa shape index (κ2) is 4.56. The number of alkyl halides is 3. The first-order valence-electron chi connectivity index (χ1n) is 5.93. The predicted molar refractivity (Wildman–Crippen MR) is 68.3 cm³/mol. The average Bonchev–Trinajstić information content (AvgIpc) is 2.29. The van der Waals surface area contributed by atoms with Crippen LogP contribution in [0.4, 0.5) is 18.9 Å². The maximum atomic E-state index is 12.9. The summed E-state index contributed by atoms with van der Waals surface area (Å²) < 4.78 is 38.8. The molecule has 1 aromatic rings. The normalized spacial score (nSPS) is 25.8. The first-order chi connectivity index (χ1) is 8.62. The van der Waals surface area contributed by atoms with Crippen molar-refractivity contribution in [2.45, 2.75) is 38.6 Å². The number of benzene rings is 1. The molecule has 1 fully saturated rings. The van der Waals surface area contributed by atoms with E-state index in [4.69, 9.17) is 11.6 Å². The summed E-state index contributed by atoms with van der Waals surface area (Å²) in [5.74, 6) is 0. The average molecular weight is 294 g/mol. The topological polar surface area (TPSA) is 32.3 Å². The highest BCUT2D eigenvalue weighted by Gasteiger charge is 2.48. The molecular formula is C13H15ClF3NO. The summed E-state index contributed by atoms with van der Waals surface area (Å²) in [5, 5.41) is 12.5. The monoisotopic (exact) mass is 293 g/mol. The van der Waals surface area contributed by atoms with Gasteiger partial charge in [-0.2, -0.15) is 13.2 Å².